The Morgan fingerprint density at radius 3 is 2.40 bits per heavy atom. The molecule has 2 N–H and O–H groups in total. The van der Waals surface area contributed by atoms with E-state index in [-0.39, 0.29) is 18.5 Å². The number of nitrogens with one attached hydrogen (secondary N) is 1. The van der Waals surface area contributed by atoms with Gasteiger partial charge in [0.2, 0.25) is 0 Å². The molecule has 0 aliphatic carbocycles. The van der Waals surface area contributed by atoms with Gasteiger partial charge in [-0.15, -0.1) is 0 Å². The number of aliphatic hydroxyl groups is 1. The summed E-state index contributed by atoms with van der Waals surface area (Å²) in [5, 5.41) is 12.6. The molecule has 2 aromatic carbocycles. The van der Waals surface area contributed by atoms with Gasteiger partial charge < -0.3 is 15.0 Å². The van der Waals surface area contributed by atoms with Crippen LogP contribution in [0.25, 0.3) is 0 Å². The number of imidazole rings is 1. The van der Waals surface area contributed by atoms with Gasteiger partial charge in [-0.2, -0.15) is 0 Å². The second-order valence-electron chi connectivity index (χ2n) is 6.04. The molecule has 3 rings (SSSR count). The normalized spacial score (nSPS) is 12.2. The van der Waals surface area contributed by atoms with Crippen LogP contribution in [0.15, 0.2) is 67.3 Å². The second-order valence-corrected chi connectivity index (χ2v) is 6.04. The van der Waals surface area contributed by atoms with E-state index >= 15 is 0 Å². The van der Waals surface area contributed by atoms with Crippen LogP contribution < -0.4 is 5.32 Å². The number of halogens is 1. The molecule has 5 heteroatoms. The zero-order valence-corrected chi connectivity index (χ0v) is 14.0. The summed E-state index contributed by atoms with van der Waals surface area (Å²) in [6.07, 6.45) is 6.34. The predicted molar refractivity (Wildman–Crippen MR) is 95.4 cm³/mol. The largest absolute Gasteiger partial charge is 0.392 e. The number of nitrogens with zero attached hydrogens (tertiary/aromatic N) is 2. The van der Waals surface area contributed by atoms with Gasteiger partial charge in [0.25, 0.3) is 0 Å². The van der Waals surface area contributed by atoms with Crippen molar-refractivity contribution in [1.29, 1.82) is 0 Å². The molecule has 0 bridgehead atoms. The SMILES string of the molecule is OCc1ccc(CCNC(Cn2ccnc2)c2ccc(F)cc2)cc1. The fraction of sp³-hybridized carbons (Fsp3) is 0.250. The van der Waals surface area contributed by atoms with E-state index in [1.165, 1.54) is 17.7 Å². The van der Waals surface area contributed by atoms with E-state index < -0.39 is 0 Å². The number of hydrogen-bond acceptors (Lipinski definition) is 3. The third kappa shape index (κ3) is 4.98. The van der Waals surface area contributed by atoms with Crippen molar-refractivity contribution in [2.75, 3.05) is 6.54 Å². The average molecular weight is 339 g/mol. The van der Waals surface area contributed by atoms with Gasteiger partial charge >= 0.3 is 0 Å². The fourth-order valence-electron chi connectivity index (χ4n) is 2.79. The van der Waals surface area contributed by atoms with Crippen LogP contribution >= 0.6 is 0 Å². The van der Waals surface area contributed by atoms with E-state index in [1.807, 2.05) is 47.2 Å². The maximum absolute atomic E-state index is 13.2. The summed E-state index contributed by atoms with van der Waals surface area (Å²) in [6, 6.07) is 14.7. The van der Waals surface area contributed by atoms with Gasteiger partial charge in [0.15, 0.2) is 0 Å². The minimum atomic E-state index is -0.228. The summed E-state index contributed by atoms with van der Waals surface area (Å²) < 4.78 is 15.2. The van der Waals surface area contributed by atoms with E-state index in [2.05, 4.69) is 10.3 Å². The van der Waals surface area contributed by atoms with E-state index in [1.54, 1.807) is 12.5 Å². The maximum Gasteiger partial charge on any atom is 0.123 e. The smallest absolute Gasteiger partial charge is 0.123 e. The quantitative estimate of drug-likeness (QED) is 0.663. The summed E-state index contributed by atoms with van der Waals surface area (Å²) in [5.74, 6) is -0.228. The molecule has 4 nitrogen and oxygen atoms in total. The molecule has 25 heavy (non-hydrogen) atoms. The second kappa shape index (κ2) is 8.55. The lowest BCUT2D eigenvalue weighted by atomic mass is 10.1. The van der Waals surface area contributed by atoms with Crippen LogP contribution in [0.3, 0.4) is 0 Å². The Kier molecular flexibility index (Phi) is 5.93. The molecule has 0 radical (unpaired) electrons. The summed E-state index contributed by atoms with van der Waals surface area (Å²) in [5.41, 5.74) is 3.18. The first-order chi connectivity index (χ1) is 12.2. The van der Waals surface area contributed by atoms with E-state index in [9.17, 15) is 4.39 Å². The van der Waals surface area contributed by atoms with E-state index in [4.69, 9.17) is 5.11 Å². The van der Waals surface area contributed by atoms with Crippen molar-refractivity contribution in [1.82, 2.24) is 14.9 Å². The first-order valence-electron chi connectivity index (χ1n) is 8.38. The van der Waals surface area contributed by atoms with Crippen molar-refractivity contribution >= 4 is 0 Å². The molecular formula is C20H22FN3O. The Hall–Kier alpha value is -2.50. The predicted octanol–water partition coefficient (Wildman–Crippen LogP) is 3.09. The highest BCUT2D eigenvalue weighted by Gasteiger charge is 2.12. The molecule has 0 aliphatic heterocycles. The molecule has 0 saturated heterocycles. The molecule has 1 heterocycles. The lowest BCUT2D eigenvalue weighted by Crippen LogP contribution is -2.27. The zero-order valence-electron chi connectivity index (χ0n) is 14.0. The summed E-state index contributed by atoms with van der Waals surface area (Å²) in [4.78, 5) is 4.08. The van der Waals surface area contributed by atoms with Crippen LogP contribution in [0, 0.1) is 5.82 Å². The number of aliphatic hydroxyl groups excluding tert-OH is 1. The van der Waals surface area contributed by atoms with Crippen LogP contribution in [-0.2, 0) is 19.6 Å². The lowest BCUT2D eigenvalue weighted by molar-refractivity contribution is 0.282. The van der Waals surface area contributed by atoms with Crippen molar-refractivity contribution in [3.8, 4) is 0 Å². The maximum atomic E-state index is 13.2. The fourth-order valence-corrected chi connectivity index (χ4v) is 2.79. The molecule has 130 valence electrons. The van der Waals surface area contributed by atoms with Crippen molar-refractivity contribution in [2.45, 2.75) is 25.6 Å². The van der Waals surface area contributed by atoms with Crippen molar-refractivity contribution in [3.05, 3.63) is 89.8 Å². The average Bonchev–Trinajstić information content (AvgIpc) is 3.15. The number of benzene rings is 2. The molecule has 3 aromatic rings. The topological polar surface area (TPSA) is 50.1 Å². The Morgan fingerprint density at radius 1 is 1.04 bits per heavy atom. The minimum absolute atomic E-state index is 0.0656. The van der Waals surface area contributed by atoms with E-state index in [0.717, 1.165) is 30.6 Å². The number of aromatic nitrogens is 2. The third-order valence-electron chi connectivity index (χ3n) is 4.23. The van der Waals surface area contributed by atoms with Gasteiger partial charge in [-0.05, 0) is 41.8 Å². The van der Waals surface area contributed by atoms with E-state index in [0.29, 0.717) is 0 Å². The molecule has 1 aromatic heterocycles. The van der Waals surface area contributed by atoms with Gasteiger partial charge in [0.05, 0.1) is 19.0 Å². The standard InChI is InChI=1S/C20H22FN3O/c21-19-7-5-18(6-8-19)20(13-24-12-11-22-15-24)23-10-9-16-1-3-17(14-25)4-2-16/h1-8,11-12,15,20,23,25H,9-10,13-14H2. The molecule has 0 spiro atoms. The van der Waals surface area contributed by atoms with Crippen molar-refractivity contribution in [3.63, 3.8) is 0 Å². The van der Waals surface area contributed by atoms with Crippen molar-refractivity contribution < 1.29 is 9.50 Å². The van der Waals surface area contributed by atoms with Crippen LogP contribution in [0.4, 0.5) is 4.39 Å². The summed E-state index contributed by atoms with van der Waals surface area (Å²) in [7, 11) is 0. The monoisotopic (exact) mass is 339 g/mol. The van der Waals surface area contributed by atoms with Gasteiger partial charge in [0.1, 0.15) is 5.82 Å². The Balaban J connectivity index is 1.63. The van der Waals surface area contributed by atoms with Crippen LogP contribution in [-0.4, -0.2) is 21.2 Å². The lowest BCUT2D eigenvalue weighted by Gasteiger charge is -2.20. The van der Waals surface area contributed by atoms with Crippen LogP contribution in [0.5, 0.6) is 0 Å². The molecular weight excluding hydrogens is 317 g/mol. The minimum Gasteiger partial charge on any atom is -0.392 e. The molecule has 0 saturated carbocycles. The zero-order chi connectivity index (χ0) is 17.5. The molecule has 0 aliphatic rings. The third-order valence-corrected chi connectivity index (χ3v) is 4.23. The Labute approximate surface area is 147 Å². The first-order valence-corrected chi connectivity index (χ1v) is 8.38. The van der Waals surface area contributed by atoms with Crippen LogP contribution in [0.1, 0.15) is 22.7 Å². The van der Waals surface area contributed by atoms with Crippen LogP contribution in [0.2, 0.25) is 0 Å². The van der Waals surface area contributed by atoms with Crippen molar-refractivity contribution in [2.24, 2.45) is 0 Å². The number of rotatable bonds is 8. The number of hydrogen-bond donors (Lipinski definition) is 2. The molecule has 1 unspecified atom stereocenters. The van der Waals surface area contributed by atoms with Gasteiger partial charge in [-0.1, -0.05) is 36.4 Å². The van der Waals surface area contributed by atoms with Gasteiger partial charge in [0, 0.05) is 18.9 Å². The highest BCUT2D eigenvalue weighted by molar-refractivity contribution is 5.23. The molecule has 0 amide bonds. The highest BCUT2D eigenvalue weighted by Crippen LogP contribution is 2.16. The summed E-state index contributed by atoms with van der Waals surface area (Å²) >= 11 is 0. The van der Waals surface area contributed by atoms with Gasteiger partial charge in [-0.3, -0.25) is 0 Å². The molecule has 0 fully saturated rings. The summed E-state index contributed by atoms with van der Waals surface area (Å²) in [6.45, 7) is 1.60. The van der Waals surface area contributed by atoms with Gasteiger partial charge in [-0.25, -0.2) is 9.37 Å². The molecule has 1 atom stereocenters. The Morgan fingerprint density at radius 2 is 1.76 bits per heavy atom. The first kappa shape index (κ1) is 17.3. The Bertz CT molecular complexity index is 755. The highest BCUT2D eigenvalue weighted by atomic mass is 19.1.